The van der Waals surface area contributed by atoms with Gasteiger partial charge in [-0.15, -0.1) is 0 Å². The van der Waals surface area contributed by atoms with Gasteiger partial charge in [-0.05, 0) is 36.2 Å². The molecule has 0 radical (unpaired) electrons. The predicted molar refractivity (Wildman–Crippen MR) is 103 cm³/mol. The van der Waals surface area contributed by atoms with Crippen molar-refractivity contribution in [2.24, 2.45) is 10.7 Å². The number of amidine groups is 1. The Labute approximate surface area is 160 Å². The normalized spacial score (nSPS) is 15.6. The molecule has 6 nitrogen and oxygen atoms in total. The molecule has 3 rings (SSSR count). The lowest BCUT2D eigenvalue weighted by molar-refractivity contribution is -0.115. The Morgan fingerprint density at radius 2 is 2.00 bits per heavy atom. The molecule has 0 unspecified atom stereocenters. The van der Waals surface area contributed by atoms with E-state index in [1.54, 1.807) is 12.1 Å². The third-order valence-electron chi connectivity index (χ3n) is 3.89. The highest BCUT2D eigenvalue weighted by molar-refractivity contribution is 8.15. The molecule has 1 saturated heterocycles. The number of benzene rings is 2. The van der Waals surface area contributed by atoms with E-state index in [9.17, 15) is 14.0 Å². The lowest BCUT2D eigenvalue weighted by Gasteiger charge is -2.20. The number of ether oxygens (including phenoxy) is 1. The minimum absolute atomic E-state index is 0.176. The van der Waals surface area contributed by atoms with Gasteiger partial charge < -0.3 is 10.5 Å². The minimum Gasteiger partial charge on any atom is -0.372 e. The Kier molecular flexibility index (Phi) is 5.88. The number of aliphatic imine (C=N–C) groups is 1. The molecule has 3 amide bonds. The maximum absolute atomic E-state index is 13.0. The number of halogens is 1. The second-order valence-corrected chi connectivity index (χ2v) is 6.94. The number of primary amides is 1. The average Bonchev–Trinajstić information content (AvgIpc) is 2.97. The molecule has 1 fully saturated rings. The van der Waals surface area contributed by atoms with Crippen LogP contribution in [0, 0.1) is 12.7 Å². The van der Waals surface area contributed by atoms with Gasteiger partial charge in [-0.25, -0.2) is 9.18 Å². The van der Waals surface area contributed by atoms with Crippen molar-refractivity contribution in [3.05, 3.63) is 65.0 Å². The molecule has 1 heterocycles. The van der Waals surface area contributed by atoms with Crippen LogP contribution in [-0.4, -0.2) is 22.9 Å². The third-order valence-corrected chi connectivity index (χ3v) is 4.82. The van der Waals surface area contributed by atoms with Crippen LogP contribution in [0.25, 0.3) is 0 Å². The van der Waals surface area contributed by atoms with E-state index in [2.05, 4.69) is 4.99 Å². The molecule has 1 aliphatic heterocycles. The number of carbonyl (C=O) groups is 2. The van der Waals surface area contributed by atoms with Gasteiger partial charge in [0.1, 0.15) is 5.82 Å². The fourth-order valence-electron chi connectivity index (χ4n) is 2.64. The molecule has 0 spiro atoms. The van der Waals surface area contributed by atoms with Crippen molar-refractivity contribution in [2.45, 2.75) is 20.1 Å². The van der Waals surface area contributed by atoms with E-state index >= 15 is 0 Å². The van der Waals surface area contributed by atoms with E-state index in [0.29, 0.717) is 12.3 Å². The van der Waals surface area contributed by atoms with Crippen molar-refractivity contribution >= 4 is 34.6 Å². The maximum Gasteiger partial charge on any atom is 0.340 e. The van der Waals surface area contributed by atoms with Crippen molar-refractivity contribution in [2.75, 3.05) is 10.7 Å². The zero-order valence-corrected chi connectivity index (χ0v) is 15.5. The highest BCUT2D eigenvalue weighted by atomic mass is 32.2. The zero-order valence-electron chi connectivity index (χ0n) is 14.6. The van der Waals surface area contributed by atoms with Crippen LogP contribution in [0.4, 0.5) is 14.9 Å². The Hall–Kier alpha value is -2.71. The summed E-state index contributed by atoms with van der Waals surface area (Å²) in [4.78, 5) is 28.7. The van der Waals surface area contributed by atoms with E-state index in [1.165, 1.54) is 28.8 Å². The molecule has 0 atom stereocenters. The number of anilines is 1. The number of thioether (sulfide) groups is 1. The largest absolute Gasteiger partial charge is 0.372 e. The van der Waals surface area contributed by atoms with Crippen LogP contribution in [0.1, 0.15) is 16.7 Å². The fourth-order valence-corrected chi connectivity index (χ4v) is 3.51. The fraction of sp³-hybridized carbons (Fsp3) is 0.211. The van der Waals surface area contributed by atoms with Gasteiger partial charge in [0.05, 0.1) is 24.7 Å². The highest BCUT2D eigenvalue weighted by Crippen LogP contribution is 2.31. The van der Waals surface area contributed by atoms with Gasteiger partial charge in [0, 0.05) is 5.56 Å². The quantitative estimate of drug-likeness (QED) is 0.852. The topological polar surface area (TPSA) is 85.0 Å². The van der Waals surface area contributed by atoms with Crippen LogP contribution in [0.3, 0.4) is 0 Å². The van der Waals surface area contributed by atoms with E-state index in [4.69, 9.17) is 10.5 Å². The lowest BCUT2D eigenvalue weighted by atomic mass is 10.1. The lowest BCUT2D eigenvalue weighted by Crippen LogP contribution is -2.31. The van der Waals surface area contributed by atoms with Gasteiger partial charge >= 0.3 is 6.03 Å². The van der Waals surface area contributed by atoms with Gasteiger partial charge in [-0.2, -0.15) is 4.99 Å². The number of carbonyl (C=O) groups excluding carboxylic acids is 2. The molecular formula is C19H18FN3O3S. The van der Waals surface area contributed by atoms with Crippen molar-refractivity contribution in [3.8, 4) is 0 Å². The molecule has 1 aliphatic rings. The minimum atomic E-state index is -0.848. The summed E-state index contributed by atoms with van der Waals surface area (Å²) in [7, 11) is 0. The number of hydrogen-bond donors (Lipinski definition) is 1. The average molecular weight is 387 g/mol. The number of amides is 3. The Balaban J connectivity index is 1.81. The summed E-state index contributed by atoms with van der Waals surface area (Å²) in [5, 5.41) is 0.262. The molecule has 0 bridgehead atoms. The number of nitrogens with zero attached hydrogens (tertiary/aromatic N) is 2. The van der Waals surface area contributed by atoms with Crippen molar-refractivity contribution in [3.63, 3.8) is 0 Å². The summed E-state index contributed by atoms with van der Waals surface area (Å²) in [5.74, 6) is -0.285. The number of rotatable bonds is 5. The molecule has 27 heavy (non-hydrogen) atoms. The smallest absolute Gasteiger partial charge is 0.340 e. The SMILES string of the molecule is Cc1ccc(COCc2ccc(F)cc2)c(N2C(=O)CSC2=NC(N)=O)c1. The first kappa shape index (κ1) is 19.1. The van der Waals surface area contributed by atoms with E-state index < -0.39 is 6.03 Å². The molecule has 0 aromatic heterocycles. The Bertz CT molecular complexity index is 900. The van der Waals surface area contributed by atoms with Crippen LogP contribution in [0.5, 0.6) is 0 Å². The Morgan fingerprint density at radius 3 is 2.70 bits per heavy atom. The highest BCUT2D eigenvalue weighted by Gasteiger charge is 2.31. The molecule has 0 saturated carbocycles. The summed E-state index contributed by atoms with van der Waals surface area (Å²) in [5.41, 5.74) is 8.34. The number of aryl methyl sites for hydroxylation is 1. The maximum atomic E-state index is 13.0. The van der Waals surface area contributed by atoms with Crippen LogP contribution in [-0.2, 0) is 22.7 Å². The molecule has 2 aromatic rings. The van der Waals surface area contributed by atoms with Crippen LogP contribution >= 0.6 is 11.8 Å². The first-order chi connectivity index (χ1) is 12.9. The molecular weight excluding hydrogens is 369 g/mol. The zero-order chi connectivity index (χ0) is 19.4. The van der Waals surface area contributed by atoms with E-state index in [-0.39, 0.29) is 29.3 Å². The molecule has 8 heteroatoms. The van der Waals surface area contributed by atoms with Crippen LogP contribution in [0.15, 0.2) is 47.5 Å². The van der Waals surface area contributed by atoms with Crippen LogP contribution in [0.2, 0.25) is 0 Å². The molecule has 0 aliphatic carbocycles. The molecule has 2 N–H and O–H groups in total. The molecule has 140 valence electrons. The first-order valence-corrected chi connectivity index (χ1v) is 9.18. The van der Waals surface area contributed by atoms with Crippen LogP contribution < -0.4 is 10.6 Å². The first-order valence-electron chi connectivity index (χ1n) is 8.19. The Morgan fingerprint density at radius 1 is 1.26 bits per heavy atom. The summed E-state index contributed by atoms with van der Waals surface area (Å²) in [6.07, 6.45) is 0. The monoisotopic (exact) mass is 387 g/mol. The van der Waals surface area contributed by atoms with E-state index in [1.807, 2.05) is 25.1 Å². The van der Waals surface area contributed by atoms with Crippen molar-refractivity contribution in [1.82, 2.24) is 0 Å². The van der Waals surface area contributed by atoms with Gasteiger partial charge in [-0.3, -0.25) is 9.69 Å². The summed E-state index contributed by atoms with van der Waals surface area (Å²) >= 11 is 1.17. The predicted octanol–water partition coefficient (Wildman–Crippen LogP) is 3.37. The van der Waals surface area contributed by atoms with E-state index in [0.717, 1.165) is 16.7 Å². The van der Waals surface area contributed by atoms with Gasteiger partial charge in [0.15, 0.2) is 5.17 Å². The third kappa shape index (κ3) is 4.72. The second kappa shape index (κ2) is 8.32. The molecule has 2 aromatic carbocycles. The standard InChI is InChI=1S/C19H18FN3O3S/c1-12-2-5-14(10-26-9-13-3-6-15(20)7-4-13)16(8-12)23-17(24)11-27-19(23)22-18(21)25/h2-8H,9-11H2,1H3,(H2,21,25). The summed E-state index contributed by atoms with van der Waals surface area (Å²) < 4.78 is 18.7. The summed E-state index contributed by atoms with van der Waals surface area (Å²) in [6.45, 7) is 2.45. The second-order valence-electron chi connectivity index (χ2n) is 6.00. The number of hydrogen-bond acceptors (Lipinski definition) is 4. The number of nitrogens with two attached hydrogens (primary N) is 1. The van der Waals surface area contributed by atoms with Crippen molar-refractivity contribution in [1.29, 1.82) is 0 Å². The van der Waals surface area contributed by atoms with Crippen molar-refractivity contribution < 1.29 is 18.7 Å². The van der Waals surface area contributed by atoms with Gasteiger partial charge in [0.2, 0.25) is 5.91 Å². The number of urea groups is 1. The van der Waals surface area contributed by atoms with Gasteiger partial charge in [-0.1, -0.05) is 36.0 Å². The van der Waals surface area contributed by atoms with Gasteiger partial charge in [0.25, 0.3) is 0 Å². The summed E-state index contributed by atoms with van der Waals surface area (Å²) in [6, 6.07) is 10.8.